The van der Waals surface area contributed by atoms with Gasteiger partial charge in [-0.1, -0.05) is 19.0 Å². The molecule has 0 radical (unpaired) electrons. The number of hydrogen-bond acceptors (Lipinski definition) is 3. The quantitative estimate of drug-likeness (QED) is 0.439. The summed E-state index contributed by atoms with van der Waals surface area (Å²) in [5.74, 6) is -0.971. The predicted octanol–water partition coefficient (Wildman–Crippen LogP) is 2.79. The summed E-state index contributed by atoms with van der Waals surface area (Å²) in [7, 11) is 0. The SMILES string of the molecule is CC(C)CNC[C@@H](O)C(Cc1cc(F)cc(F)c1)N=[N+]=[N-]. The van der Waals surface area contributed by atoms with Crippen LogP contribution in [0.25, 0.3) is 10.4 Å². The number of nitrogens with zero attached hydrogens (tertiary/aromatic N) is 3. The van der Waals surface area contributed by atoms with Crippen molar-refractivity contribution in [2.24, 2.45) is 11.0 Å². The summed E-state index contributed by atoms with van der Waals surface area (Å²) >= 11 is 0. The average Bonchev–Trinajstić information content (AvgIpc) is 2.36. The van der Waals surface area contributed by atoms with Crippen molar-refractivity contribution in [2.75, 3.05) is 13.1 Å². The van der Waals surface area contributed by atoms with Gasteiger partial charge >= 0.3 is 0 Å². The highest BCUT2D eigenvalue weighted by molar-refractivity contribution is 5.19. The van der Waals surface area contributed by atoms with Gasteiger partial charge in [-0.3, -0.25) is 0 Å². The minimum atomic E-state index is -0.925. The van der Waals surface area contributed by atoms with E-state index in [1.165, 1.54) is 0 Å². The molecule has 1 aromatic carbocycles. The van der Waals surface area contributed by atoms with Gasteiger partial charge in [0.2, 0.25) is 0 Å². The van der Waals surface area contributed by atoms with Crippen molar-refractivity contribution < 1.29 is 13.9 Å². The van der Waals surface area contributed by atoms with Crippen LogP contribution >= 0.6 is 0 Å². The van der Waals surface area contributed by atoms with E-state index in [0.717, 1.165) is 18.2 Å². The van der Waals surface area contributed by atoms with Crippen LogP contribution in [0.3, 0.4) is 0 Å². The van der Waals surface area contributed by atoms with E-state index in [-0.39, 0.29) is 13.0 Å². The molecule has 0 saturated carbocycles. The normalized spacial score (nSPS) is 13.8. The molecule has 116 valence electrons. The van der Waals surface area contributed by atoms with E-state index in [1.54, 1.807) is 0 Å². The van der Waals surface area contributed by atoms with Crippen LogP contribution in [0.2, 0.25) is 0 Å². The molecule has 0 aliphatic heterocycles. The number of azide groups is 1. The van der Waals surface area contributed by atoms with Gasteiger partial charge in [0.1, 0.15) is 11.6 Å². The van der Waals surface area contributed by atoms with Crippen molar-refractivity contribution in [3.63, 3.8) is 0 Å². The van der Waals surface area contributed by atoms with Crippen LogP contribution in [-0.4, -0.2) is 30.3 Å². The van der Waals surface area contributed by atoms with Crippen molar-refractivity contribution >= 4 is 0 Å². The minimum Gasteiger partial charge on any atom is -0.391 e. The van der Waals surface area contributed by atoms with Gasteiger partial charge in [-0.25, -0.2) is 8.78 Å². The lowest BCUT2D eigenvalue weighted by Gasteiger charge is -2.19. The van der Waals surface area contributed by atoms with Gasteiger partial charge in [0.05, 0.1) is 12.1 Å². The fourth-order valence-electron chi connectivity index (χ4n) is 1.95. The van der Waals surface area contributed by atoms with Crippen LogP contribution in [-0.2, 0) is 6.42 Å². The van der Waals surface area contributed by atoms with Crippen LogP contribution < -0.4 is 5.32 Å². The molecule has 0 amide bonds. The summed E-state index contributed by atoms with van der Waals surface area (Å²) < 4.78 is 26.3. The number of benzene rings is 1. The summed E-state index contributed by atoms with van der Waals surface area (Å²) in [6, 6.07) is 2.32. The first-order valence-electron chi connectivity index (χ1n) is 6.80. The van der Waals surface area contributed by atoms with E-state index in [4.69, 9.17) is 5.53 Å². The highest BCUT2D eigenvalue weighted by Crippen LogP contribution is 2.13. The molecular weight excluding hydrogens is 278 g/mol. The van der Waals surface area contributed by atoms with E-state index >= 15 is 0 Å². The fourth-order valence-corrected chi connectivity index (χ4v) is 1.95. The van der Waals surface area contributed by atoms with Gasteiger partial charge in [-0.15, -0.1) is 0 Å². The van der Waals surface area contributed by atoms with E-state index in [2.05, 4.69) is 15.3 Å². The average molecular weight is 298 g/mol. The first-order chi connectivity index (χ1) is 9.92. The van der Waals surface area contributed by atoms with Crippen LogP contribution in [0.5, 0.6) is 0 Å². The molecule has 0 spiro atoms. The third kappa shape index (κ3) is 6.53. The Balaban J connectivity index is 2.70. The molecule has 0 aliphatic rings. The van der Waals surface area contributed by atoms with Gasteiger partial charge < -0.3 is 10.4 Å². The second kappa shape index (κ2) is 8.56. The topological polar surface area (TPSA) is 81.0 Å². The van der Waals surface area contributed by atoms with Crippen molar-refractivity contribution in [1.29, 1.82) is 0 Å². The van der Waals surface area contributed by atoms with E-state index in [1.807, 2.05) is 13.8 Å². The molecule has 1 aromatic rings. The molecule has 1 unspecified atom stereocenters. The van der Waals surface area contributed by atoms with Crippen molar-refractivity contribution in [2.45, 2.75) is 32.4 Å². The van der Waals surface area contributed by atoms with Crippen LogP contribution in [0.15, 0.2) is 23.3 Å². The molecule has 0 bridgehead atoms. The van der Waals surface area contributed by atoms with Crippen LogP contribution in [0.4, 0.5) is 8.78 Å². The third-order valence-corrected chi connectivity index (χ3v) is 2.92. The Morgan fingerprint density at radius 2 is 1.86 bits per heavy atom. The van der Waals surface area contributed by atoms with Gasteiger partial charge in [-0.2, -0.15) is 0 Å². The number of aliphatic hydroxyl groups excluding tert-OH is 1. The smallest absolute Gasteiger partial charge is 0.126 e. The molecule has 7 heteroatoms. The summed E-state index contributed by atoms with van der Waals surface area (Å²) in [6.45, 7) is 5.02. The number of nitrogens with one attached hydrogen (secondary N) is 1. The first kappa shape index (κ1) is 17.4. The van der Waals surface area contributed by atoms with Crippen molar-refractivity contribution in [1.82, 2.24) is 5.32 Å². The monoisotopic (exact) mass is 298 g/mol. The maximum Gasteiger partial charge on any atom is 0.126 e. The summed E-state index contributed by atoms with van der Waals surface area (Å²) in [4.78, 5) is 2.69. The summed E-state index contributed by atoms with van der Waals surface area (Å²) in [5, 5.41) is 16.6. The molecule has 5 nitrogen and oxygen atoms in total. The summed E-state index contributed by atoms with van der Waals surface area (Å²) in [5.41, 5.74) is 8.91. The second-order valence-corrected chi connectivity index (χ2v) is 5.37. The van der Waals surface area contributed by atoms with Crippen LogP contribution in [0.1, 0.15) is 19.4 Å². The number of halogens is 2. The third-order valence-electron chi connectivity index (χ3n) is 2.92. The molecule has 0 heterocycles. The van der Waals surface area contributed by atoms with Crippen molar-refractivity contribution in [3.05, 3.63) is 45.8 Å². The largest absolute Gasteiger partial charge is 0.391 e. The Bertz CT molecular complexity index is 483. The maximum atomic E-state index is 13.1. The standard InChI is InChI=1S/C14H20F2N4O/c1-9(2)7-18-8-14(21)13(19-20-17)5-10-3-11(15)6-12(16)4-10/h3-4,6,9,13-14,18,21H,5,7-8H2,1-2H3/t13?,14-/m1/s1. The Morgan fingerprint density at radius 3 is 2.38 bits per heavy atom. The van der Waals surface area contributed by atoms with Crippen LogP contribution in [0, 0.1) is 17.6 Å². The zero-order valence-corrected chi connectivity index (χ0v) is 12.1. The van der Waals surface area contributed by atoms with E-state index < -0.39 is 23.8 Å². The predicted molar refractivity (Wildman–Crippen MR) is 76.7 cm³/mol. The lowest BCUT2D eigenvalue weighted by atomic mass is 10.0. The Morgan fingerprint density at radius 1 is 1.24 bits per heavy atom. The molecule has 0 aliphatic carbocycles. The minimum absolute atomic E-state index is 0.0727. The van der Waals surface area contributed by atoms with Gasteiger partial charge in [0.15, 0.2) is 0 Å². The molecule has 0 aromatic heterocycles. The molecule has 2 N–H and O–H groups in total. The second-order valence-electron chi connectivity index (χ2n) is 5.37. The number of hydrogen-bond donors (Lipinski definition) is 2. The highest BCUT2D eigenvalue weighted by Gasteiger charge is 2.19. The van der Waals surface area contributed by atoms with E-state index in [9.17, 15) is 13.9 Å². The Hall–Kier alpha value is -1.69. The van der Waals surface area contributed by atoms with Crippen molar-refractivity contribution in [3.8, 4) is 0 Å². The molecule has 21 heavy (non-hydrogen) atoms. The lowest BCUT2D eigenvalue weighted by Crippen LogP contribution is -2.37. The Kier molecular flexibility index (Phi) is 7.08. The number of rotatable bonds is 8. The Labute approximate surface area is 122 Å². The zero-order chi connectivity index (χ0) is 15.8. The van der Waals surface area contributed by atoms with Gasteiger partial charge in [0.25, 0.3) is 0 Å². The molecule has 1 rings (SSSR count). The van der Waals surface area contributed by atoms with Gasteiger partial charge in [0, 0.05) is 17.5 Å². The molecule has 0 saturated heterocycles. The highest BCUT2D eigenvalue weighted by atomic mass is 19.1. The molecule has 0 fully saturated rings. The maximum absolute atomic E-state index is 13.1. The first-order valence-corrected chi connectivity index (χ1v) is 6.80. The van der Waals surface area contributed by atoms with Gasteiger partial charge in [-0.05, 0) is 42.1 Å². The summed E-state index contributed by atoms with van der Waals surface area (Å²) in [6.07, 6.45) is -0.852. The lowest BCUT2D eigenvalue weighted by molar-refractivity contribution is 0.141. The molecule has 2 atom stereocenters. The fraction of sp³-hybridized carbons (Fsp3) is 0.571. The number of aliphatic hydroxyl groups is 1. The zero-order valence-electron chi connectivity index (χ0n) is 12.1. The van der Waals surface area contributed by atoms with E-state index in [0.29, 0.717) is 18.0 Å². The molecular formula is C14H20F2N4O.